The van der Waals surface area contributed by atoms with Crippen LogP contribution < -0.4 is 0 Å². The van der Waals surface area contributed by atoms with Crippen molar-refractivity contribution in [2.24, 2.45) is 0 Å². The second-order valence-corrected chi connectivity index (χ2v) is 4.59. The fraction of sp³-hybridized carbons (Fsp3) is 0.0714. The highest BCUT2D eigenvalue weighted by atomic mass is 35.5. The van der Waals surface area contributed by atoms with Gasteiger partial charge in [-0.1, -0.05) is 35.0 Å². The first-order valence-corrected chi connectivity index (χ1v) is 6.29. The number of nitrogens with zero attached hydrogens (tertiary/aromatic N) is 3. The van der Waals surface area contributed by atoms with E-state index in [1.54, 1.807) is 12.1 Å². The molecule has 0 aliphatic rings. The van der Waals surface area contributed by atoms with Crippen LogP contribution in [0.15, 0.2) is 40.9 Å². The van der Waals surface area contributed by atoms with Gasteiger partial charge in [0.1, 0.15) is 17.5 Å². The largest absolute Gasteiger partial charge is 0.342 e. The van der Waals surface area contributed by atoms with Crippen LogP contribution in [0.5, 0.6) is 0 Å². The van der Waals surface area contributed by atoms with Gasteiger partial charge in [-0.3, -0.25) is 0 Å². The van der Waals surface area contributed by atoms with Crippen LogP contribution in [-0.4, -0.2) is 15.1 Å². The number of halogens is 1. The number of hydrogen-bond acceptors (Lipinski definition) is 4. The zero-order valence-electron chi connectivity index (χ0n) is 10.3. The van der Waals surface area contributed by atoms with Crippen LogP contribution in [0.4, 0.5) is 0 Å². The molecule has 6 heteroatoms. The average Bonchev–Trinajstić information content (AvgIpc) is 3.10. The summed E-state index contributed by atoms with van der Waals surface area (Å²) >= 11 is 6.09. The average molecular weight is 285 g/mol. The van der Waals surface area contributed by atoms with Gasteiger partial charge < -0.3 is 9.51 Å². The highest BCUT2D eigenvalue weighted by molar-refractivity contribution is 6.31. The summed E-state index contributed by atoms with van der Waals surface area (Å²) in [5.74, 6) is 0.898. The summed E-state index contributed by atoms with van der Waals surface area (Å²) in [7, 11) is 0. The molecule has 5 nitrogen and oxygen atoms in total. The first-order chi connectivity index (χ1) is 9.76. The smallest absolute Gasteiger partial charge is 0.274 e. The van der Waals surface area contributed by atoms with Crippen molar-refractivity contribution < 1.29 is 4.52 Å². The number of H-pyrrole nitrogens is 1. The zero-order valence-corrected chi connectivity index (χ0v) is 11.1. The minimum Gasteiger partial charge on any atom is -0.342 e. The normalized spacial score (nSPS) is 10.4. The van der Waals surface area contributed by atoms with Crippen molar-refractivity contribution >= 4 is 11.6 Å². The molecule has 20 heavy (non-hydrogen) atoms. The summed E-state index contributed by atoms with van der Waals surface area (Å²) < 4.78 is 5.18. The van der Waals surface area contributed by atoms with E-state index in [1.807, 2.05) is 30.3 Å². The SMILES string of the molecule is N#Cc1ccc(-c2nc(Cc3ccccc3Cl)no2)[nH]1. The first-order valence-electron chi connectivity index (χ1n) is 5.92. The molecule has 0 radical (unpaired) electrons. The Morgan fingerprint density at radius 3 is 2.85 bits per heavy atom. The third kappa shape index (κ3) is 2.42. The number of nitriles is 1. The molecule has 0 saturated heterocycles. The van der Waals surface area contributed by atoms with E-state index in [4.69, 9.17) is 21.4 Å². The molecule has 0 unspecified atom stereocenters. The number of hydrogen-bond donors (Lipinski definition) is 1. The molecule has 1 N–H and O–H groups in total. The summed E-state index contributed by atoms with van der Waals surface area (Å²) in [6, 6.07) is 12.9. The summed E-state index contributed by atoms with van der Waals surface area (Å²) in [5.41, 5.74) is 2.01. The minimum absolute atomic E-state index is 0.355. The summed E-state index contributed by atoms with van der Waals surface area (Å²) in [6.45, 7) is 0. The molecule has 0 aliphatic heterocycles. The molecule has 0 amide bonds. The van der Waals surface area contributed by atoms with E-state index in [2.05, 4.69) is 15.1 Å². The second-order valence-electron chi connectivity index (χ2n) is 4.18. The van der Waals surface area contributed by atoms with Gasteiger partial charge in [-0.05, 0) is 23.8 Å². The summed E-state index contributed by atoms with van der Waals surface area (Å²) in [4.78, 5) is 7.17. The molecule has 0 fully saturated rings. The van der Waals surface area contributed by atoms with E-state index in [0.29, 0.717) is 34.5 Å². The molecule has 1 aromatic carbocycles. The van der Waals surface area contributed by atoms with Crippen LogP contribution in [-0.2, 0) is 6.42 Å². The lowest BCUT2D eigenvalue weighted by Gasteiger charge is -1.98. The highest BCUT2D eigenvalue weighted by Gasteiger charge is 2.12. The maximum atomic E-state index is 8.77. The molecule has 2 heterocycles. The molecule has 2 aromatic heterocycles. The van der Waals surface area contributed by atoms with Crippen LogP contribution in [0.25, 0.3) is 11.6 Å². The fourth-order valence-corrected chi connectivity index (χ4v) is 2.03. The van der Waals surface area contributed by atoms with Gasteiger partial charge in [0.25, 0.3) is 5.89 Å². The molecule has 3 rings (SSSR count). The summed E-state index contributed by atoms with van der Waals surface area (Å²) in [6.07, 6.45) is 0.495. The van der Waals surface area contributed by atoms with Gasteiger partial charge in [-0.2, -0.15) is 10.2 Å². The molecule has 98 valence electrons. The maximum absolute atomic E-state index is 8.77. The van der Waals surface area contributed by atoms with Gasteiger partial charge in [0.15, 0.2) is 5.82 Å². The van der Waals surface area contributed by atoms with Gasteiger partial charge in [0.05, 0.1) is 0 Å². The van der Waals surface area contributed by atoms with Crippen molar-refractivity contribution in [2.45, 2.75) is 6.42 Å². The molecular formula is C14H9ClN4O. The molecule has 0 saturated carbocycles. The first kappa shape index (κ1) is 12.5. The quantitative estimate of drug-likeness (QED) is 0.801. The van der Waals surface area contributed by atoms with E-state index in [-0.39, 0.29) is 0 Å². The van der Waals surface area contributed by atoms with E-state index in [0.717, 1.165) is 5.56 Å². The molecular weight excluding hydrogens is 276 g/mol. The van der Waals surface area contributed by atoms with Crippen molar-refractivity contribution in [3.05, 3.63) is 58.5 Å². The number of benzene rings is 1. The van der Waals surface area contributed by atoms with Crippen molar-refractivity contribution in [1.82, 2.24) is 15.1 Å². The lowest BCUT2D eigenvalue weighted by molar-refractivity contribution is 0.423. The number of aromatic nitrogens is 3. The topological polar surface area (TPSA) is 78.5 Å². The van der Waals surface area contributed by atoms with Gasteiger partial charge in [-0.25, -0.2) is 0 Å². The number of rotatable bonds is 3. The Hall–Kier alpha value is -2.58. The zero-order chi connectivity index (χ0) is 13.9. The van der Waals surface area contributed by atoms with Crippen LogP contribution in [0.2, 0.25) is 5.02 Å². The van der Waals surface area contributed by atoms with E-state index < -0.39 is 0 Å². The number of aromatic amines is 1. The van der Waals surface area contributed by atoms with Crippen LogP contribution >= 0.6 is 11.6 Å². The third-order valence-corrected chi connectivity index (χ3v) is 3.18. The Labute approximate surface area is 119 Å². The standard InChI is InChI=1S/C14H9ClN4O/c15-11-4-2-1-3-9(11)7-13-18-14(20-19-13)12-6-5-10(8-16)17-12/h1-6,17H,7H2. The van der Waals surface area contributed by atoms with Crippen LogP contribution in [0.3, 0.4) is 0 Å². The molecule has 0 spiro atoms. The minimum atomic E-state index is 0.355. The van der Waals surface area contributed by atoms with Crippen LogP contribution in [0.1, 0.15) is 17.1 Å². The van der Waals surface area contributed by atoms with E-state index >= 15 is 0 Å². The third-order valence-electron chi connectivity index (χ3n) is 2.81. The van der Waals surface area contributed by atoms with Gasteiger partial charge in [-0.15, -0.1) is 0 Å². The fourth-order valence-electron chi connectivity index (χ4n) is 1.83. The Kier molecular flexibility index (Phi) is 3.23. The van der Waals surface area contributed by atoms with Crippen molar-refractivity contribution in [2.75, 3.05) is 0 Å². The van der Waals surface area contributed by atoms with Gasteiger partial charge in [0.2, 0.25) is 0 Å². The van der Waals surface area contributed by atoms with Crippen molar-refractivity contribution in [3.8, 4) is 17.7 Å². The van der Waals surface area contributed by atoms with Gasteiger partial charge in [0, 0.05) is 11.4 Å². The molecule has 0 bridgehead atoms. The monoisotopic (exact) mass is 284 g/mol. The lowest BCUT2D eigenvalue weighted by atomic mass is 10.1. The predicted octanol–water partition coefficient (Wildman–Crippen LogP) is 3.18. The van der Waals surface area contributed by atoms with Crippen molar-refractivity contribution in [1.29, 1.82) is 5.26 Å². The maximum Gasteiger partial charge on any atom is 0.274 e. The number of nitrogens with one attached hydrogen (secondary N) is 1. The van der Waals surface area contributed by atoms with Gasteiger partial charge >= 0.3 is 0 Å². The van der Waals surface area contributed by atoms with Crippen molar-refractivity contribution in [3.63, 3.8) is 0 Å². The lowest BCUT2D eigenvalue weighted by Crippen LogP contribution is -1.91. The Balaban J connectivity index is 1.84. The van der Waals surface area contributed by atoms with E-state index in [1.165, 1.54) is 0 Å². The molecule has 0 aliphatic carbocycles. The molecule has 0 atom stereocenters. The Bertz CT molecular complexity index is 784. The highest BCUT2D eigenvalue weighted by Crippen LogP contribution is 2.20. The molecule has 3 aromatic rings. The second kappa shape index (κ2) is 5.19. The van der Waals surface area contributed by atoms with Crippen LogP contribution in [0, 0.1) is 11.3 Å². The predicted molar refractivity (Wildman–Crippen MR) is 73.1 cm³/mol. The summed E-state index contributed by atoms with van der Waals surface area (Å²) in [5, 5.41) is 13.4. The Morgan fingerprint density at radius 1 is 1.25 bits per heavy atom. The Morgan fingerprint density at radius 2 is 2.10 bits per heavy atom. The van der Waals surface area contributed by atoms with E-state index in [9.17, 15) is 0 Å².